The van der Waals surface area contributed by atoms with E-state index in [2.05, 4.69) is 21.2 Å². The fourth-order valence-electron chi connectivity index (χ4n) is 2.81. The highest BCUT2D eigenvalue weighted by Crippen LogP contribution is 2.37. The van der Waals surface area contributed by atoms with Crippen molar-refractivity contribution in [2.24, 2.45) is 0 Å². The van der Waals surface area contributed by atoms with E-state index >= 15 is 0 Å². The van der Waals surface area contributed by atoms with Gasteiger partial charge in [0.15, 0.2) is 16.6 Å². The van der Waals surface area contributed by atoms with Crippen molar-refractivity contribution in [1.82, 2.24) is 10.2 Å². The second kappa shape index (κ2) is 8.94. The predicted molar refractivity (Wildman–Crippen MR) is 118 cm³/mol. The van der Waals surface area contributed by atoms with E-state index in [1.807, 2.05) is 37.3 Å². The van der Waals surface area contributed by atoms with Gasteiger partial charge in [0.25, 0.3) is 5.91 Å². The molecule has 0 spiro atoms. The minimum atomic E-state index is -0.213. The van der Waals surface area contributed by atoms with Gasteiger partial charge in [-0.3, -0.25) is 9.69 Å². The van der Waals surface area contributed by atoms with Crippen molar-refractivity contribution < 1.29 is 14.3 Å². The zero-order valence-corrected chi connectivity index (χ0v) is 18.5. The van der Waals surface area contributed by atoms with Gasteiger partial charge in [-0.1, -0.05) is 29.8 Å². The van der Waals surface area contributed by atoms with Gasteiger partial charge in [-0.05, 0) is 70.5 Å². The molecule has 1 N–H and O–H groups in total. The van der Waals surface area contributed by atoms with Gasteiger partial charge in [-0.15, -0.1) is 0 Å². The molecule has 1 aliphatic rings. The molecule has 0 unspecified atom stereocenters. The molecule has 0 aromatic heterocycles. The van der Waals surface area contributed by atoms with E-state index in [0.29, 0.717) is 40.5 Å². The van der Waals surface area contributed by atoms with E-state index in [9.17, 15) is 4.79 Å². The maximum absolute atomic E-state index is 12.9. The average molecular weight is 482 g/mol. The first-order valence-corrected chi connectivity index (χ1v) is 10.1. The van der Waals surface area contributed by atoms with Gasteiger partial charge in [-0.25, -0.2) is 0 Å². The van der Waals surface area contributed by atoms with Crippen molar-refractivity contribution in [3.05, 3.63) is 62.7 Å². The van der Waals surface area contributed by atoms with Crippen LogP contribution in [0.5, 0.6) is 11.5 Å². The number of carbonyl (C=O) groups excluding carboxylic acids is 1. The molecule has 28 heavy (non-hydrogen) atoms. The van der Waals surface area contributed by atoms with E-state index in [1.165, 1.54) is 4.90 Å². The Kier molecular flexibility index (Phi) is 6.59. The molecule has 2 aromatic carbocycles. The number of nitrogens with one attached hydrogen (secondary N) is 1. The van der Waals surface area contributed by atoms with E-state index in [0.717, 1.165) is 15.6 Å². The van der Waals surface area contributed by atoms with Crippen molar-refractivity contribution >= 4 is 56.8 Å². The van der Waals surface area contributed by atoms with Gasteiger partial charge < -0.3 is 14.8 Å². The van der Waals surface area contributed by atoms with Crippen LogP contribution in [0.2, 0.25) is 5.02 Å². The third-order valence-electron chi connectivity index (χ3n) is 4.10. The maximum atomic E-state index is 12.9. The number of amides is 1. The Hall–Kier alpha value is -2.09. The molecule has 1 saturated heterocycles. The number of carbonyl (C=O) groups is 1. The van der Waals surface area contributed by atoms with Crippen LogP contribution in [0.4, 0.5) is 0 Å². The first-order valence-electron chi connectivity index (χ1n) is 8.52. The minimum Gasteiger partial charge on any atom is -0.492 e. The molecule has 1 fully saturated rings. The summed E-state index contributed by atoms with van der Waals surface area (Å²) in [5.74, 6) is 0.979. The Morgan fingerprint density at radius 3 is 2.75 bits per heavy atom. The Bertz CT molecular complexity index is 964. The van der Waals surface area contributed by atoms with Crippen molar-refractivity contribution in [1.29, 1.82) is 0 Å². The third kappa shape index (κ3) is 4.32. The number of ether oxygens (including phenoxy) is 2. The minimum absolute atomic E-state index is 0.213. The van der Waals surface area contributed by atoms with Crippen LogP contribution in [0.3, 0.4) is 0 Å². The van der Waals surface area contributed by atoms with Crippen molar-refractivity contribution in [3.63, 3.8) is 0 Å². The number of benzene rings is 2. The topological polar surface area (TPSA) is 50.8 Å². The molecule has 8 heteroatoms. The van der Waals surface area contributed by atoms with Crippen LogP contribution in [0.1, 0.15) is 18.1 Å². The average Bonchev–Trinajstić information content (AvgIpc) is 2.91. The number of halogens is 2. The third-order valence-corrected chi connectivity index (χ3v) is 5.38. The summed E-state index contributed by atoms with van der Waals surface area (Å²) in [7, 11) is 1.58. The van der Waals surface area contributed by atoms with Crippen molar-refractivity contribution in [2.45, 2.75) is 13.5 Å². The second-order valence-electron chi connectivity index (χ2n) is 5.94. The molecule has 0 radical (unpaired) electrons. The number of rotatable bonds is 6. The van der Waals surface area contributed by atoms with Crippen LogP contribution < -0.4 is 14.8 Å². The molecule has 5 nitrogen and oxygen atoms in total. The number of nitrogens with zero attached hydrogens (tertiary/aromatic N) is 1. The molecular weight excluding hydrogens is 464 g/mol. The van der Waals surface area contributed by atoms with Gasteiger partial charge in [0.2, 0.25) is 0 Å². The monoisotopic (exact) mass is 480 g/mol. The quantitative estimate of drug-likeness (QED) is 0.476. The largest absolute Gasteiger partial charge is 0.492 e. The lowest BCUT2D eigenvalue weighted by atomic mass is 10.1. The summed E-state index contributed by atoms with van der Waals surface area (Å²) in [4.78, 5) is 14.3. The van der Waals surface area contributed by atoms with Crippen molar-refractivity contribution in [3.8, 4) is 11.5 Å². The Morgan fingerprint density at radius 2 is 2.07 bits per heavy atom. The van der Waals surface area contributed by atoms with Gasteiger partial charge in [0, 0.05) is 5.02 Å². The van der Waals surface area contributed by atoms with Crippen LogP contribution >= 0.6 is 39.7 Å². The molecule has 0 saturated carbocycles. The molecule has 2 aromatic rings. The number of hydrogen-bond donors (Lipinski definition) is 1. The van der Waals surface area contributed by atoms with E-state index in [-0.39, 0.29) is 5.91 Å². The van der Waals surface area contributed by atoms with Crippen molar-refractivity contribution in [2.75, 3.05) is 13.7 Å². The molecule has 0 bridgehead atoms. The first kappa shape index (κ1) is 20.6. The summed E-state index contributed by atoms with van der Waals surface area (Å²) >= 11 is 15.0. The Labute approximate surface area is 182 Å². The summed E-state index contributed by atoms with van der Waals surface area (Å²) in [5.41, 5.74) is 1.99. The molecule has 1 aliphatic heterocycles. The maximum Gasteiger partial charge on any atom is 0.276 e. The molecule has 1 amide bonds. The summed E-state index contributed by atoms with van der Waals surface area (Å²) in [6.45, 7) is 2.69. The molecule has 1 heterocycles. The number of thiocarbonyl (C=S) groups is 1. The van der Waals surface area contributed by atoms with Crippen LogP contribution in [0, 0.1) is 0 Å². The molecule has 0 aliphatic carbocycles. The van der Waals surface area contributed by atoms with Crippen LogP contribution in [-0.4, -0.2) is 29.6 Å². The summed E-state index contributed by atoms with van der Waals surface area (Å²) in [6.07, 6.45) is 1.73. The van der Waals surface area contributed by atoms with Gasteiger partial charge >= 0.3 is 0 Å². The van der Waals surface area contributed by atoms with Crippen LogP contribution in [-0.2, 0) is 11.3 Å². The first-order chi connectivity index (χ1) is 13.4. The zero-order valence-electron chi connectivity index (χ0n) is 15.3. The zero-order chi connectivity index (χ0) is 20.3. The lowest BCUT2D eigenvalue weighted by molar-refractivity contribution is -0.122. The molecular formula is C20H18BrClN2O3S. The number of methoxy groups -OCH3 is 1. The van der Waals surface area contributed by atoms with Gasteiger partial charge in [0.05, 0.1) is 24.7 Å². The van der Waals surface area contributed by atoms with Gasteiger partial charge in [0.1, 0.15) is 5.70 Å². The SMILES string of the molecule is CCOc1cc(/C=C2\NC(=S)N(Cc3ccccc3Cl)C2=O)cc(Br)c1OC. The fraction of sp³-hybridized carbons (Fsp3) is 0.200. The lowest BCUT2D eigenvalue weighted by Crippen LogP contribution is -2.30. The Balaban J connectivity index is 1.88. The van der Waals surface area contributed by atoms with Gasteiger partial charge in [-0.2, -0.15) is 0 Å². The fourth-order valence-corrected chi connectivity index (χ4v) is 3.89. The summed E-state index contributed by atoms with van der Waals surface area (Å²) in [5, 5.41) is 3.91. The lowest BCUT2D eigenvalue weighted by Gasteiger charge is -2.14. The molecule has 3 rings (SSSR count). The number of hydrogen-bond acceptors (Lipinski definition) is 4. The highest BCUT2D eigenvalue weighted by molar-refractivity contribution is 9.10. The van der Waals surface area contributed by atoms with E-state index in [4.69, 9.17) is 33.3 Å². The molecule has 146 valence electrons. The Morgan fingerprint density at radius 1 is 1.32 bits per heavy atom. The highest BCUT2D eigenvalue weighted by Gasteiger charge is 2.31. The predicted octanol–water partition coefficient (Wildman–Crippen LogP) is 4.77. The summed E-state index contributed by atoms with van der Waals surface area (Å²) in [6, 6.07) is 11.0. The highest BCUT2D eigenvalue weighted by atomic mass is 79.9. The second-order valence-corrected chi connectivity index (χ2v) is 7.59. The van der Waals surface area contributed by atoms with E-state index in [1.54, 1.807) is 19.3 Å². The smallest absolute Gasteiger partial charge is 0.276 e. The van der Waals surface area contributed by atoms with Crippen LogP contribution in [0.25, 0.3) is 6.08 Å². The molecule has 0 atom stereocenters. The standard InChI is InChI=1S/C20H18BrClN2O3S/c1-3-27-17-10-12(8-14(21)18(17)26-2)9-16-19(25)24(20(28)23-16)11-13-6-4-5-7-15(13)22/h4-10H,3,11H2,1-2H3,(H,23,28)/b16-9-. The van der Waals surface area contributed by atoms with Crippen LogP contribution in [0.15, 0.2) is 46.6 Å². The van der Waals surface area contributed by atoms with E-state index < -0.39 is 0 Å². The normalized spacial score (nSPS) is 15.1. The summed E-state index contributed by atoms with van der Waals surface area (Å²) < 4.78 is 11.7.